The second-order valence-corrected chi connectivity index (χ2v) is 5.58. The monoisotopic (exact) mass is 282 g/mol. The van der Waals surface area contributed by atoms with Crippen molar-refractivity contribution in [1.29, 1.82) is 0 Å². The first-order valence-corrected chi connectivity index (χ1v) is 7.13. The summed E-state index contributed by atoms with van der Waals surface area (Å²) < 4.78 is 0. The topological polar surface area (TPSA) is 41.1 Å². The van der Waals surface area contributed by atoms with Gasteiger partial charge in [0.25, 0.3) is 0 Å². The molecular weight excluding hydrogens is 260 g/mol. The van der Waals surface area contributed by atoms with E-state index in [9.17, 15) is 4.79 Å². The van der Waals surface area contributed by atoms with Gasteiger partial charge in [-0.1, -0.05) is 31.5 Å². The number of hydrogen-bond acceptors (Lipinski definition) is 2. The maximum absolute atomic E-state index is 11.6. The molecule has 1 rings (SSSR count). The maximum Gasteiger partial charge on any atom is 0.221 e. The molecule has 0 aliphatic rings. The molecule has 1 aromatic rings. The Morgan fingerprint density at radius 3 is 2.68 bits per heavy atom. The lowest BCUT2D eigenvalue weighted by atomic mass is 10.1. The zero-order valence-corrected chi connectivity index (χ0v) is 12.7. The Morgan fingerprint density at radius 2 is 2.05 bits per heavy atom. The van der Waals surface area contributed by atoms with Gasteiger partial charge in [0.15, 0.2) is 0 Å². The van der Waals surface area contributed by atoms with Crippen molar-refractivity contribution >= 4 is 23.2 Å². The van der Waals surface area contributed by atoms with Gasteiger partial charge >= 0.3 is 0 Å². The van der Waals surface area contributed by atoms with Crippen LogP contribution in [0.15, 0.2) is 18.2 Å². The Hall–Kier alpha value is -1.22. The Kier molecular flexibility index (Phi) is 6.71. The van der Waals surface area contributed by atoms with E-state index in [1.54, 1.807) is 0 Å². The quantitative estimate of drug-likeness (QED) is 0.802. The van der Waals surface area contributed by atoms with E-state index in [1.165, 1.54) is 0 Å². The molecule has 4 heteroatoms. The fourth-order valence-corrected chi connectivity index (χ4v) is 1.79. The van der Waals surface area contributed by atoms with E-state index < -0.39 is 0 Å². The summed E-state index contributed by atoms with van der Waals surface area (Å²) in [4.78, 5) is 11.6. The first-order valence-electron chi connectivity index (χ1n) is 6.75. The number of amides is 1. The smallest absolute Gasteiger partial charge is 0.221 e. The lowest BCUT2D eigenvalue weighted by Gasteiger charge is -2.09. The molecule has 0 heterocycles. The lowest BCUT2D eigenvalue weighted by molar-refractivity contribution is -0.120. The van der Waals surface area contributed by atoms with Crippen molar-refractivity contribution in [1.82, 2.24) is 5.32 Å². The average Bonchev–Trinajstić information content (AvgIpc) is 2.33. The molecule has 3 nitrogen and oxygen atoms in total. The fraction of sp³-hybridized carbons (Fsp3) is 0.533. The third-order valence-electron chi connectivity index (χ3n) is 2.90. The van der Waals surface area contributed by atoms with Crippen molar-refractivity contribution in [3.05, 3.63) is 28.8 Å². The molecule has 0 spiro atoms. The number of anilines is 1. The summed E-state index contributed by atoms with van der Waals surface area (Å²) >= 11 is 6.03. The largest absolute Gasteiger partial charge is 0.384 e. The summed E-state index contributed by atoms with van der Waals surface area (Å²) in [5.41, 5.74) is 2.00. The van der Waals surface area contributed by atoms with E-state index in [-0.39, 0.29) is 5.91 Å². The molecule has 0 aromatic heterocycles. The van der Waals surface area contributed by atoms with E-state index in [4.69, 9.17) is 11.6 Å². The fourth-order valence-electron chi connectivity index (χ4n) is 1.61. The van der Waals surface area contributed by atoms with Gasteiger partial charge < -0.3 is 10.6 Å². The van der Waals surface area contributed by atoms with Gasteiger partial charge in [0.1, 0.15) is 0 Å². The Bertz CT molecular complexity index is 419. The third-order valence-corrected chi connectivity index (χ3v) is 3.30. The van der Waals surface area contributed by atoms with Crippen molar-refractivity contribution in [2.45, 2.75) is 33.6 Å². The normalized spacial score (nSPS) is 10.6. The molecule has 1 amide bonds. The van der Waals surface area contributed by atoms with Gasteiger partial charge in [0.2, 0.25) is 5.91 Å². The van der Waals surface area contributed by atoms with Crippen molar-refractivity contribution in [3.63, 3.8) is 0 Å². The number of benzene rings is 1. The molecule has 0 saturated heterocycles. The number of rotatable bonds is 7. The first kappa shape index (κ1) is 15.8. The van der Waals surface area contributed by atoms with Crippen LogP contribution in [-0.2, 0) is 4.79 Å². The zero-order chi connectivity index (χ0) is 14.3. The van der Waals surface area contributed by atoms with Crippen molar-refractivity contribution in [3.8, 4) is 0 Å². The molecule has 0 radical (unpaired) electrons. The summed E-state index contributed by atoms with van der Waals surface area (Å²) in [6.45, 7) is 7.64. The number of nitrogens with one attached hydrogen (secondary N) is 2. The lowest BCUT2D eigenvalue weighted by Crippen LogP contribution is -2.27. The van der Waals surface area contributed by atoms with Gasteiger partial charge in [0, 0.05) is 30.2 Å². The van der Waals surface area contributed by atoms with Crippen molar-refractivity contribution < 1.29 is 4.79 Å². The highest BCUT2D eigenvalue weighted by Crippen LogP contribution is 2.19. The van der Waals surface area contributed by atoms with Crippen LogP contribution in [0.4, 0.5) is 5.69 Å². The van der Waals surface area contributed by atoms with Crippen molar-refractivity contribution in [2.24, 2.45) is 5.92 Å². The van der Waals surface area contributed by atoms with Crippen LogP contribution in [0, 0.1) is 12.8 Å². The summed E-state index contributed by atoms with van der Waals surface area (Å²) in [7, 11) is 0. The number of halogens is 1. The van der Waals surface area contributed by atoms with Crippen molar-refractivity contribution in [2.75, 3.05) is 18.4 Å². The Labute approximate surface area is 120 Å². The predicted octanol–water partition coefficient (Wildman–Crippen LogP) is 3.61. The van der Waals surface area contributed by atoms with Gasteiger partial charge in [-0.05, 0) is 37.0 Å². The Morgan fingerprint density at radius 1 is 1.32 bits per heavy atom. The van der Waals surface area contributed by atoms with Crippen LogP contribution >= 0.6 is 11.6 Å². The van der Waals surface area contributed by atoms with Gasteiger partial charge in [-0.15, -0.1) is 0 Å². The molecule has 2 N–H and O–H groups in total. The van der Waals surface area contributed by atoms with Crippen LogP contribution in [0.5, 0.6) is 0 Å². The molecule has 1 aromatic carbocycles. The second-order valence-electron chi connectivity index (χ2n) is 5.17. The molecule has 0 atom stereocenters. The highest BCUT2D eigenvalue weighted by atomic mass is 35.5. The minimum absolute atomic E-state index is 0.0892. The molecule has 19 heavy (non-hydrogen) atoms. The molecular formula is C15H23ClN2O. The molecule has 0 aliphatic heterocycles. The van der Waals surface area contributed by atoms with E-state index in [0.717, 1.165) is 29.2 Å². The summed E-state index contributed by atoms with van der Waals surface area (Å²) in [6, 6.07) is 5.82. The first-order chi connectivity index (χ1) is 8.99. The molecule has 0 unspecified atom stereocenters. The van der Waals surface area contributed by atoms with Crippen LogP contribution in [0.2, 0.25) is 5.02 Å². The molecule has 0 bridgehead atoms. The van der Waals surface area contributed by atoms with Crippen LogP contribution < -0.4 is 10.6 Å². The predicted molar refractivity (Wildman–Crippen MR) is 81.8 cm³/mol. The van der Waals surface area contributed by atoms with Gasteiger partial charge in [-0.25, -0.2) is 0 Å². The Balaban J connectivity index is 2.22. The average molecular weight is 283 g/mol. The molecule has 0 aliphatic carbocycles. The number of carbonyl (C=O) groups is 1. The van der Waals surface area contributed by atoms with Crippen LogP contribution in [0.3, 0.4) is 0 Å². The summed E-state index contributed by atoms with van der Waals surface area (Å²) in [6.07, 6.45) is 1.50. The van der Waals surface area contributed by atoms with E-state index in [0.29, 0.717) is 18.9 Å². The van der Waals surface area contributed by atoms with Gasteiger partial charge in [-0.2, -0.15) is 0 Å². The van der Waals surface area contributed by atoms with Gasteiger partial charge in [0.05, 0.1) is 0 Å². The van der Waals surface area contributed by atoms with Crippen LogP contribution in [0.1, 0.15) is 32.3 Å². The maximum atomic E-state index is 11.6. The van der Waals surface area contributed by atoms with Crippen LogP contribution in [0.25, 0.3) is 0 Å². The number of aryl methyl sites for hydroxylation is 1. The molecule has 106 valence electrons. The van der Waals surface area contributed by atoms with E-state index in [1.807, 2.05) is 25.1 Å². The standard InChI is InChI=1S/C15H23ClN2O/c1-11(2)6-8-18-15(19)7-9-17-13-5-4-12(3)14(16)10-13/h4-5,10-11,17H,6-9H2,1-3H3,(H,18,19). The second kappa shape index (κ2) is 8.05. The zero-order valence-electron chi connectivity index (χ0n) is 11.9. The van der Waals surface area contributed by atoms with E-state index >= 15 is 0 Å². The minimum Gasteiger partial charge on any atom is -0.384 e. The number of hydrogen-bond donors (Lipinski definition) is 2. The minimum atomic E-state index is 0.0892. The highest BCUT2D eigenvalue weighted by molar-refractivity contribution is 6.31. The SMILES string of the molecule is Cc1ccc(NCCC(=O)NCCC(C)C)cc1Cl. The summed E-state index contributed by atoms with van der Waals surface area (Å²) in [5.74, 6) is 0.708. The van der Waals surface area contributed by atoms with Crippen LogP contribution in [-0.4, -0.2) is 19.0 Å². The summed E-state index contributed by atoms with van der Waals surface area (Å²) in [5, 5.41) is 6.86. The molecule has 0 saturated carbocycles. The molecule has 0 fully saturated rings. The highest BCUT2D eigenvalue weighted by Gasteiger charge is 2.02. The number of carbonyl (C=O) groups excluding carboxylic acids is 1. The van der Waals surface area contributed by atoms with E-state index in [2.05, 4.69) is 24.5 Å². The third kappa shape index (κ3) is 6.48. The van der Waals surface area contributed by atoms with Gasteiger partial charge in [-0.3, -0.25) is 4.79 Å².